The van der Waals surface area contributed by atoms with Gasteiger partial charge in [-0.2, -0.15) is 5.10 Å². The molecule has 0 saturated heterocycles. The Morgan fingerprint density at radius 2 is 1.89 bits per heavy atom. The van der Waals surface area contributed by atoms with Crippen LogP contribution in [0.4, 0.5) is 0 Å². The number of amides is 1. The number of carbonyl (C=O) groups excluding carboxylic acids is 1. The highest BCUT2D eigenvalue weighted by atomic mass is 35.5. The van der Waals surface area contributed by atoms with E-state index in [1.54, 1.807) is 24.4 Å². The number of benzene rings is 2. The summed E-state index contributed by atoms with van der Waals surface area (Å²) in [4.78, 5) is 12.3. The smallest absolute Gasteiger partial charge is 0.251 e. The summed E-state index contributed by atoms with van der Waals surface area (Å²) in [7, 11) is 0. The summed E-state index contributed by atoms with van der Waals surface area (Å²) in [5.74, 6) is 0.382. The van der Waals surface area contributed by atoms with Crippen molar-refractivity contribution < 1.29 is 9.53 Å². The number of hydrogen-bond acceptors (Lipinski definition) is 4. The van der Waals surface area contributed by atoms with Crippen molar-refractivity contribution in [2.24, 2.45) is 0 Å². The molecule has 0 fully saturated rings. The van der Waals surface area contributed by atoms with Crippen LogP contribution in [0, 0.1) is 0 Å². The molecular weight excluding hydrogens is 362 g/mol. The molecule has 1 heterocycles. The molecule has 0 aliphatic heterocycles. The van der Waals surface area contributed by atoms with E-state index in [-0.39, 0.29) is 18.1 Å². The number of fused-ring (bicyclic) bond motifs is 1. The van der Waals surface area contributed by atoms with Crippen LogP contribution < -0.4 is 10.1 Å². The summed E-state index contributed by atoms with van der Waals surface area (Å²) in [6, 6.07) is 11.2. The molecule has 1 aromatic heterocycles. The van der Waals surface area contributed by atoms with Crippen LogP contribution >= 0.6 is 11.6 Å². The molecule has 27 heavy (non-hydrogen) atoms. The Labute approximate surface area is 163 Å². The minimum Gasteiger partial charge on any atom is -0.473 e. The monoisotopic (exact) mass is 383 g/mol. The Hall–Kier alpha value is -2.66. The fourth-order valence-electron chi connectivity index (χ4n) is 2.77. The minimum atomic E-state index is -0.123. The Balaban J connectivity index is 2.03. The van der Waals surface area contributed by atoms with Crippen molar-refractivity contribution in [1.82, 2.24) is 15.5 Å². The van der Waals surface area contributed by atoms with Gasteiger partial charge in [0, 0.05) is 33.0 Å². The highest BCUT2D eigenvalue weighted by Crippen LogP contribution is 2.33. The van der Waals surface area contributed by atoms with E-state index in [9.17, 15) is 4.79 Å². The highest BCUT2D eigenvalue weighted by molar-refractivity contribution is 6.33. The quantitative estimate of drug-likeness (QED) is 0.682. The topological polar surface area (TPSA) is 64.1 Å². The number of carbonyl (C=O) groups is 1. The molecule has 3 rings (SSSR count). The number of ether oxygens (including phenoxy) is 1. The zero-order chi connectivity index (χ0) is 19.6. The fourth-order valence-corrected chi connectivity index (χ4v) is 3.00. The largest absolute Gasteiger partial charge is 0.473 e. The number of hydrogen-bond donors (Lipinski definition) is 1. The number of nitrogens with zero attached hydrogens (tertiary/aromatic N) is 2. The molecule has 0 aliphatic rings. The van der Waals surface area contributed by atoms with Crippen LogP contribution in [-0.2, 0) is 0 Å². The molecule has 140 valence electrons. The summed E-state index contributed by atoms with van der Waals surface area (Å²) in [6.45, 7) is 7.75. The van der Waals surface area contributed by atoms with Crippen molar-refractivity contribution in [3.05, 3.63) is 53.2 Å². The zero-order valence-corrected chi connectivity index (χ0v) is 16.5. The first-order valence-electron chi connectivity index (χ1n) is 8.88. The van der Waals surface area contributed by atoms with Gasteiger partial charge in [0.25, 0.3) is 5.91 Å². The average Bonchev–Trinajstić information content (AvgIpc) is 2.61. The van der Waals surface area contributed by atoms with Crippen molar-refractivity contribution in [2.45, 2.75) is 39.8 Å². The molecule has 0 bridgehead atoms. The first-order chi connectivity index (χ1) is 12.8. The third kappa shape index (κ3) is 4.37. The van der Waals surface area contributed by atoms with Crippen LogP contribution in [-0.4, -0.2) is 28.3 Å². The molecule has 0 unspecified atom stereocenters. The molecule has 1 N–H and O–H groups in total. The van der Waals surface area contributed by atoms with Crippen LogP contribution in [0.1, 0.15) is 38.1 Å². The SMILES string of the molecule is CC(C)NC(=O)c1ccc(Cl)c(-c2ccc3c(OC(C)C)nncc3c2)c1. The standard InChI is InChI=1S/C21H22ClN3O2/c1-12(2)24-20(26)15-6-8-19(22)18(10-15)14-5-7-17-16(9-14)11-23-25-21(17)27-13(3)4/h5-13H,1-4H3,(H,24,26). The van der Waals surface area contributed by atoms with Gasteiger partial charge in [-0.1, -0.05) is 17.7 Å². The third-order valence-electron chi connectivity index (χ3n) is 3.93. The van der Waals surface area contributed by atoms with Crippen LogP contribution in [0.3, 0.4) is 0 Å². The lowest BCUT2D eigenvalue weighted by Gasteiger charge is -2.13. The maximum absolute atomic E-state index is 12.3. The summed E-state index contributed by atoms with van der Waals surface area (Å²) in [5.41, 5.74) is 2.26. The van der Waals surface area contributed by atoms with Crippen molar-refractivity contribution in [1.29, 1.82) is 0 Å². The van der Waals surface area contributed by atoms with E-state index in [4.69, 9.17) is 16.3 Å². The van der Waals surface area contributed by atoms with Crippen LogP contribution in [0.15, 0.2) is 42.6 Å². The Bertz CT molecular complexity index is 986. The molecule has 0 aliphatic carbocycles. The maximum Gasteiger partial charge on any atom is 0.251 e. The number of halogens is 1. The van der Waals surface area contributed by atoms with E-state index in [1.807, 2.05) is 45.9 Å². The predicted octanol–water partition coefficient (Wildman–Crippen LogP) is 4.88. The third-order valence-corrected chi connectivity index (χ3v) is 4.26. The molecule has 0 atom stereocenters. The normalized spacial score (nSPS) is 11.2. The van der Waals surface area contributed by atoms with Gasteiger partial charge in [0.2, 0.25) is 5.88 Å². The van der Waals surface area contributed by atoms with Gasteiger partial charge < -0.3 is 10.1 Å². The number of rotatable bonds is 5. The first kappa shape index (κ1) is 19.1. The summed E-state index contributed by atoms with van der Waals surface area (Å²) in [6.07, 6.45) is 1.70. The van der Waals surface area contributed by atoms with Gasteiger partial charge in [-0.25, -0.2) is 0 Å². The van der Waals surface area contributed by atoms with Gasteiger partial charge in [-0.15, -0.1) is 5.10 Å². The van der Waals surface area contributed by atoms with E-state index in [0.29, 0.717) is 16.5 Å². The van der Waals surface area contributed by atoms with E-state index in [1.165, 1.54) is 0 Å². The van der Waals surface area contributed by atoms with E-state index < -0.39 is 0 Å². The second-order valence-corrected chi connectivity index (χ2v) is 7.35. The van der Waals surface area contributed by atoms with Gasteiger partial charge >= 0.3 is 0 Å². The lowest BCUT2D eigenvalue weighted by Crippen LogP contribution is -2.30. The van der Waals surface area contributed by atoms with Crippen LogP contribution in [0.5, 0.6) is 5.88 Å². The van der Waals surface area contributed by atoms with Crippen molar-refractivity contribution >= 4 is 28.3 Å². The van der Waals surface area contributed by atoms with Gasteiger partial charge in [-0.05, 0) is 63.6 Å². The summed E-state index contributed by atoms with van der Waals surface area (Å²) >= 11 is 6.41. The second kappa shape index (κ2) is 7.92. The zero-order valence-electron chi connectivity index (χ0n) is 15.8. The lowest BCUT2D eigenvalue weighted by molar-refractivity contribution is 0.0943. The molecule has 6 heteroatoms. The van der Waals surface area contributed by atoms with Crippen molar-refractivity contribution in [2.75, 3.05) is 0 Å². The van der Waals surface area contributed by atoms with E-state index in [0.717, 1.165) is 21.9 Å². The second-order valence-electron chi connectivity index (χ2n) is 6.94. The number of aromatic nitrogens is 2. The van der Waals surface area contributed by atoms with Crippen LogP contribution in [0.25, 0.3) is 21.9 Å². The molecular formula is C21H22ClN3O2. The molecule has 1 amide bonds. The Morgan fingerprint density at radius 3 is 2.59 bits per heavy atom. The predicted molar refractivity (Wildman–Crippen MR) is 108 cm³/mol. The van der Waals surface area contributed by atoms with E-state index in [2.05, 4.69) is 15.5 Å². The summed E-state index contributed by atoms with van der Waals surface area (Å²) < 4.78 is 5.73. The minimum absolute atomic E-state index is 0.00942. The van der Waals surface area contributed by atoms with Crippen molar-refractivity contribution in [3.8, 4) is 17.0 Å². The Morgan fingerprint density at radius 1 is 1.11 bits per heavy atom. The fraction of sp³-hybridized carbons (Fsp3) is 0.286. The van der Waals surface area contributed by atoms with Gasteiger partial charge in [0.1, 0.15) is 0 Å². The Kier molecular flexibility index (Phi) is 5.61. The maximum atomic E-state index is 12.3. The number of nitrogens with one attached hydrogen (secondary N) is 1. The molecule has 0 radical (unpaired) electrons. The molecule has 5 nitrogen and oxygen atoms in total. The van der Waals surface area contributed by atoms with Crippen LogP contribution in [0.2, 0.25) is 5.02 Å². The van der Waals surface area contributed by atoms with Crippen molar-refractivity contribution in [3.63, 3.8) is 0 Å². The van der Waals surface area contributed by atoms with E-state index >= 15 is 0 Å². The van der Waals surface area contributed by atoms with Gasteiger partial charge in [-0.3, -0.25) is 4.79 Å². The van der Waals surface area contributed by atoms with Gasteiger partial charge in [0.05, 0.1) is 12.3 Å². The first-order valence-corrected chi connectivity index (χ1v) is 9.26. The molecule has 2 aromatic carbocycles. The highest BCUT2D eigenvalue weighted by Gasteiger charge is 2.13. The average molecular weight is 384 g/mol. The molecule has 0 spiro atoms. The van der Waals surface area contributed by atoms with Gasteiger partial charge in [0.15, 0.2) is 0 Å². The molecule has 0 saturated carbocycles. The summed E-state index contributed by atoms with van der Waals surface area (Å²) in [5, 5.41) is 13.4. The molecule has 3 aromatic rings. The lowest BCUT2D eigenvalue weighted by atomic mass is 10.00.